The molecular weight excluding hydrogens is 434 g/mol. The van der Waals surface area contributed by atoms with Crippen molar-refractivity contribution < 1.29 is 13.2 Å². The molecule has 0 fully saturated rings. The Morgan fingerprint density at radius 1 is 0.968 bits per heavy atom. The van der Waals surface area contributed by atoms with E-state index in [1.165, 1.54) is 12.1 Å². The van der Waals surface area contributed by atoms with E-state index in [4.69, 9.17) is 11.6 Å². The molecule has 3 rings (SSSR count). The monoisotopic (exact) mass is 455 g/mol. The molecule has 0 heterocycles. The first-order valence-electron chi connectivity index (χ1n) is 9.51. The predicted molar refractivity (Wildman–Crippen MR) is 124 cm³/mol. The minimum Gasteiger partial charge on any atom is -0.271 e. The zero-order chi connectivity index (χ0) is 22.4. The van der Waals surface area contributed by atoms with Crippen molar-refractivity contribution in [3.05, 3.63) is 95.0 Å². The van der Waals surface area contributed by atoms with Crippen LogP contribution in [-0.2, 0) is 14.8 Å². The lowest BCUT2D eigenvalue weighted by molar-refractivity contribution is -0.119. The van der Waals surface area contributed by atoms with E-state index < -0.39 is 22.5 Å². The Hall–Kier alpha value is -3.16. The first-order chi connectivity index (χ1) is 14.8. The number of benzene rings is 3. The van der Waals surface area contributed by atoms with Crippen LogP contribution in [0.3, 0.4) is 0 Å². The molecule has 0 saturated carbocycles. The first kappa shape index (κ1) is 22.5. The van der Waals surface area contributed by atoms with Gasteiger partial charge in [-0.25, -0.2) is 13.8 Å². The van der Waals surface area contributed by atoms with E-state index in [1.807, 2.05) is 31.2 Å². The van der Waals surface area contributed by atoms with Gasteiger partial charge in [-0.05, 0) is 55.8 Å². The van der Waals surface area contributed by atoms with Crippen molar-refractivity contribution in [2.45, 2.75) is 18.7 Å². The van der Waals surface area contributed by atoms with Gasteiger partial charge in [-0.2, -0.15) is 5.10 Å². The Morgan fingerprint density at radius 2 is 1.58 bits per heavy atom. The van der Waals surface area contributed by atoms with Gasteiger partial charge in [0, 0.05) is 5.02 Å². The Morgan fingerprint density at radius 3 is 2.19 bits per heavy atom. The molecule has 0 spiro atoms. The van der Waals surface area contributed by atoms with Gasteiger partial charge in [0.05, 0.1) is 16.3 Å². The van der Waals surface area contributed by atoms with Gasteiger partial charge in [0.15, 0.2) is 0 Å². The summed E-state index contributed by atoms with van der Waals surface area (Å²) < 4.78 is 27.5. The Kier molecular flexibility index (Phi) is 7.09. The third kappa shape index (κ3) is 5.71. The number of sulfonamides is 1. The number of aryl methyl sites for hydroxylation is 1. The standard InChI is InChI=1S/C23H22ClN3O3S/c1-17-8-10-19(11-9-17)18(2)25-26-23(28)16-27(21-14-12-20(24)13-15-21)31(29,30)22-6-4-3-5-7-22/h3-15H,16H2,1-2H3,(H,26,28)/b25-18+. The topological polar surface area (TPSA) is 78.8 Å². The van der Waals surface area contributed by atoms with E-state index in [2.05, 4.69) is 10.5 Å². The highest BCUT2D eigenvalue weighted by atomic mass is 35.5. The maximum Gasteiger partial charge on any atom is 0.264 e. The highest BCUT2D eigenvalue weighted by molar-refractivity contribution is 7.92. The third-order valence-corrected chi connectivity index (χ3v) is 6.59. The number of hydrogen-bond donors (Lipinski definition) is 1. The van der Waals surface area contributed by atoms with Gasteiger partial charge in [0.1, 0.15) is 6.54 Å². The fourth-order valence-electron chi connectivity index (χ4n) is 2.81. The van der Waals surface area contributed by atoms with Gasteiger partial charge in [0.2, 0.25) is 0 Å². The van der Waals surface area contributed by atoms with E-state index in [9.17, 15) is 13.2 Å². The molecule has 0 bridgehead atoms. The molecule has 0 aliphatic rings. The van der Waals surface area contributed by atoms with E-state index in [0.717, 1.165) is 15.4 Å². The number of carbonyl (C=O) groups is 1. The molecule has 1 N–H and O–H groups in total. The smallest absolute Gasteiger partial charge is 0.264 e. The molecule has 0 aromatic heterocycles. The highest BCUT2D eigenvalue weighted by Crippen LogP contribution is 2.25. The quantitative estimate of drug-likeness (QED) is 0.424. The molecule has 160 valence electrons. The second kappa shape index (κ2) is 9.76. The normalized spacial score (nSPS) is 11.8. The molecular formula is C23H22ClN3O3S. The van der Waals surface area contributed by atoms with Gasteiger partial charge in [0.25, 0.3) is 15.9 Å². The first-order valence-corrected chi connectivity index (χ1v) is 11.3. The van der Waals surface area contributed by atoms with Crippen LogP contribution in [0.4, 0.5) is 5.69 Å². The minimum atomic E-state index is -3.98. The van der Waals surface area contributed by atoms with Crippen molar-refractivity contribution >= 4 is 38.9 Å². The second-order valence-electron chi connectivity index (χ2n) is 6.90. The molecule has 0 atom stereocenters. The van der Waals surface area contributed by atoms with Crippen LogP contribution in [0, 0.1) is 6.92 Å². The van der Waals surface area contributed by atoms with Crippen LogP contribution >= 0.6 is 11.6 Å². The fourth-order valence-corrected chi connectivity index (χ4v) is 4.38. The fraction of sp³-hybridized carbons (Fsp3) is 0.130. The van der Waals surface area contributed by atoms with Crippen molar-refractivity contribution in [2.75, 3.05) is 10.8 Å². The van der Waals surface area contributed by atoms with Crippen LogP contribution in [0.2, 0.25) is 5.02 Å². The number of hydrogen-bond acceptors (Lipinski definition) is 4. The van der Waals surface area contributed by atoms with Gasteiger partial charge in [-0.3, -0.25) is 9.10 Å². The van der Waals surface area contributed by atoms with Crippen molar-refractivity contribution in [2.24, 2.45) is 5.10 Å². The largest absolute Gasteiger partial charge is 0.271 e. The average Bonchev–Trinajstić information content (AvgIpc) is 2.77. The molecule has 0 aliphatic carbocycles. The summed E-state index contributed by atoms with van der Waals surface area (Å²) in [5.74, 6) is -0.569. The molecule has 6 nitrogen and oxygen atoms in total. The summed E-state index contributed by atoms with van der Waals surface area (Å²) in [6.45, 7) is 3.31. The predicted octanol–water partition coefficient (Wildman–Crippen LogP) is 4.38. The number of amides is 1. The van der Waals surface area contributed by atoms with E-state index in [0.29, 0.717) is 16.4 Å². The van der Waals surface area contributed by atoms with E-state index in [1.54, 1.807) is 49.4 Å². The van der Waals surface area contributed by atoms with Crippen LogP contribution in [0.15, 0.2) is 88.9 Å². The highest BCUT2D eigenvalue weighted by Gasteiger charge is 2.27. The SMILES string of the molecule is C/C(=N\NC(=O)CN(c1ccc(Cl)cc1)S(=O)(=O)c1ccccc1)c1ccc(C)cc1. The lowest BCUT2D eigenvalue weighted by atomic mass is 10.1. The van der Waals surface area contributed by atoms with Crippen LogP contribution < -0.4 is 9.73 Å². The molecule has 31 heavy (non-hydrogen) atoms. The molecule has 8 heteroatoms. The van der Waals surface area contributed by atoms with Crippen molar-refractivity contribution in [3.8, 4) is 0 Å². The van der Waals surface area contributed by atoms with E-state index in [-0.39, 0.29) is 4.90 Å². The third-order valence-electron chi connectivity index (χ3n) is 4.55. The number of anilines is 1. The van der Waals surface area contributed by atoms with Crippen LogP contribution in [0.1, 0.15) is 18.1 Å². The summed E-state index contributed by atoms with van der Waals surface area (Å²) in [5.41, 5.74) is 5.35. The minimum absolute atomic E-state index is 0.0806. The van der Waals surface area contributed by atoms with Gasteiger partial charge >= 0.3 is 0 Å². The lowest BCUT2D eigenvalue weighted by Gasteiger charge is -2.23. The molecule has 3 aromatic carbocycles. The number of rotatable bonds is 7. The molecule has 3 aromatic rings. The molecule has 0 saturated heterocycles. The molecule has 1 amide bonds. The zero-order valence-electron chi connectivity index (χ0n) is 17.1. The lowest BCUT2D eigenvalue weighted by Crippen LogP contribution is -2.39. The molecule has 0 radical (unpaired) electrons. The summed E-state index contributed by atoms with van der Waals surface area (Å²) in [6, 6.07) is 21.9. The van der Waals surface area contributed by atoms with Crippen LogP contribution in [0.5, 0.6) is 0 Å². The summed E-state index contributed by atoms with van der Waals surface area (Å²) in [6.07, 6.45) is 0. The van der Waals surface area contributed by atoms with Crippen molar-refractivity contribution in [3.63, 3.8) is 0 Å². The number of nitrogens with zero attached hydrogens (tertiary/aromatic N) is 2. The Labute approximate surface area is 187 Å². The summed E-state index contributed by atoms with van der Waals surface area (Å²) >= 11 is 5.94. The van der Waals surface area contributed by atoms with Crippen molar-refractivity contribution in [1.82, 2.24) is 5.43 Å². The van der Waals surface area contributed by atoms with Gasteiger partial charge in [-0.15, -0.1) is 0 Å². The Bertz CT molecular complexity index is 1180. The second-order valence-corrected chi connectivity index (χ2v) is 9.20. The summed E-state index contributed by atoms with van der Waals surface area (Å²) in [5, 5.41) is 4.58. The number of carbonyl (C=O) groups excluding carboxylic acids is 1. The summed E-state index contributed by atoms with van der Waals surface area (Å²) in [4.78, 5) is 12.7. The van der Waals surface area contributed by atoms with Gasteiger partial charge in [-0.1, -0.05) is 59.6 Å². The van der Waals surface area contributed by atoms with Gasteiger partial charge < -0.3 is 0 Å². The number of halogens is 1. The maximum atomic E-state index is 13.2. The summed E-state index contributed by atoms with van der Waals surface area (Å²) in [7, 11) is -3.98. The van der Waals surface area contributed by atoms with E-state index >= 15 is 0 Å². The van der Waals surface area contributed by atoms with Crippen LogP contribution in [0.25, 0.3) is 0 Å². The van der Waals surface area contributed by atoms with Crippen molar-refractivity contribution in [1.29, 1.82) is 0 Å². The van der Waals surface area contributed by atoms with Crippen LogP contribution in [-0.4, -0.2) is 26.6 Å². The maximum absolute atomic E-state index is 13.2. The number of nitrogens with one attached hydrogen (secondary N) is 1. The zero-order valence-corrected chi connectivity index (χ0v) is 18.7. The Balaban J connectivity index is 1.84. The average molecular weight is 456 g/mol. The molecule has 0 unspecified atom stereocenters. The number of hydrazone groups is 1. The molecule has 0 aliphatic heterocycles.